The minimum absolute atomic E-state index is 0. The van der Waals surface area contributed by atoms with Crippen LogP contribution in [0.4, 0.5) is 5.95 Å². The van der Waals surface area contributed by atoms with E-state index >= 15 is 0 Å². The van der Waals surface area contributed by atoms with Crippen molar-refractivity contribution in [3.8, 4) is 0 Å². The fourth-order valence-electron chi connectivity index (χ4n) is 1.76. The van der Waals surface area contributed by atoms with Gasteiger partial charge in [0.15, 0.2) is 0 Å². The van der Waals surface area contributed by atoms with E-state index in [1.807, 2.05) is 19.3 Å². The van der Waals surface area contributed by atoms with E-state index in [9.17, 15) is 0 Å². The van der Waals surface area contributed by atoms with Gasteiger partial charge in [0.2, 0.25) is 5.95 Å². The van der Waals surface area contributed by atoms with E-state index in [-0.39, 0.29) is 7.43 Å². The lowest BCUT2D eigenvalue weighted by Crippen LogP contribution is -2.28. The third kappa shape index (κ3) is 2.03. The number of hydrogen-bond donors (Lipinski definition) is 0. The molecule has 0 radical (unpaired) electrons. The first-order valence-electron chi connectivity index (χ1n) is 4.82. The average Bonchev–Trinajstić information content (AvgIpc) is 2.53. The van der Waals surface area contributed by atoms with Crippen molar-refractivity contribution in [2.75, 3.05) is 11.4 Å². The first-order valence-corrected chi connectivity index (χ1v) is 4.82. The van der Waals surface area contributed by atoms with Crippen LogP contribution in [-0.4, -0.2) is 22.6 Å². The Morgan fingerprint density at radius 2 is 2.00 bits per heavy atom. The van der Waals surface area contributed by atoms with E-state index in [1.165, 1.54) is 12.8 Å². The maximum absolute atomic E-state index is 4.33. The number of aromatic nitrogens is 2. The Morgan fingerprint density at radius 1 is 1.36 bits per heavy atom. The van der Waals surface area contributed by atoms with Crippen LogP contribution in [0.2, 0.25) is 0 Å². The van der Waals surface area contributed by atoms with E-state index in [0.29, 0.717) is 6.04 Å². The van der Waals surface area contributed by atoms with Gasteiger partial charge < -0.3 is 4.90 Å². The highest BCUT2D eigenvalue weighted by Gasteiger charge is 2.21. The molecule has 0 saturated carbocycles. The van der Waals surface area contributed by atoms with Gasteiger partial charge in [-0.05, 0) is 32.3 Å². The van der Waals surface area contributed by atoms with E-state index in [2.05, 4.69) is 21.8 Å². The quantitative estimate of drug-likeness (QED) is 0.686. The number of rotatable bonds is 1. The minimum Gasteiger partial charge on any atom is -0.338 e. The summed E-state index contributed by atoms with van der Waals surface area (Å²) in [6, 6.07) is 0.600. The van der Waals surface area contributed by atoms with E-state index < -0.39 is 0 Å². The highest BCUT2D eigenvalue weighted by molar-refractivity contribution is 5.32. The maximum atomic E-state index is 4.33. The first kappa shape index (κ1) is 11.0. The molecular weight excluding hydrogens is 174 g/mol. The Labute approximate surface area is 86.2 Å². The van der Waals surface area contributed by atoms with Crippen molar-refractivity contribution in [2.24, 2.45) is 0 Å². The van der Waals surface area contributed by atoms with E-state index in [4.69, 9.17) is 0 Å². The Kier molecular flexibility index (Phi) is 3.44. The second kappa shape index (κ2) is 4.40. The number of anilines is 1. The molecule has 2 rings (SSSR count). The van der Waals surface area contributed by atoms with Gasteiger partial charge in [0.05, 0.1) is 0 Å². The van der Waals surface area contributed by atoms with Crippen LogP contribution in [0.1, 0.15) is 32.8 Å². The molecule has 14 heavy (non-hydrogen) atoms. The molecule has 2 heterocycles. The summed E-state index contributed by atoms with van der Waals surface area (Å²) in [7, 11) is 0. The molecule has 1 atom stereocenters. The van der Waals surface area contributed by atoms with Crippen molar-refractivity contribution in [3.05, 3.63) is 18.0 Å². The van der Waals surface area contributed by atoms with Gasteiger partial charge in [0, 0.05) is 25.0 Å². The maximum Gasteiger partial charge on any atom is 0.225 e. The molecule has 3 nitrogen and oxygen atoms in total. The van der Waals surface area contributed by atoms with Crippen LogP contribution in [0.3, 0.4) is 0 Å². The second-order valence-corrected chi connectivity index (χ2v) is 3.75. The Morgan fingerprint density at radius 3 is 2.50 bits per heavy atom. The lowest BCUT2D eigenvalue weighted by Gasteiger charge is -2.20. The zero-order valence-corrected chi connectivity index (χ0v) is 8.20. The topological polar surface area (TPSA) is 29.0 Å². The van der Waals surface area contributed by atoms with Crippen LogP contribution in [0.15, 0.2) is 12.4 Å². The second-order valence-electron chi connectivity index (χ2n) is 3.75. The summed E-state index contributed by atoms with van der Waals surface area (Å²) in [4.78, 5) is 10.9. The van der Waals surface area contributed by atoms with Gasteiger partial charge in [-0.2, -0.15) is 0 Å². The number of aryl methyl sites for hydroxylation is 1. The SMILES string of the molecule is C.Cc1cnc(N2CCCC2C)nc1. The lowest BCUT2D eigenvalue weighted by atomic mass is 10.2. The summed E-state index contributed by atoms with van der Waals surface area (Å²) in [6.07, 6.45) is 6.29. The van der Waals surface area contributed by atoms with Gasteiger partial charge in [-0.3, -0.25) is 0 Å². The molecule has 0 spiro atoms. The molecule has 0 aromatic carbocycles. The van der Waals surface area contributed by atoms with Crippen LogP contribution in [0, 0.1) is 6.92 Å². The number of hydrogen-bond acceptors (Lipinski definition) is 3. The Hall–Kier alpha value is -1.12. The molecule has 78 valence electrons. The highest BCUT2D eigenvalue weighted by Crippen LogP contribution is 2.20. The van der Waals surface area contributed by atoms with Gasteiger partial charge in [0.25, 0.3) is 0 Å². The van der Waals surface area contributed by atoms with Crippen LogP contribution < -0.4 is 4.90 Å². The van der Waals surface area contributed by atoms with E-state index in [0.717, 1.165) is 18.1 Å². The normalized spacial score (nSPS) is 20.7. The molecule has 0 amide bonds. The predicted molar refractivity (Wildman–Crippen MR) is 59.5 cm³/mol. The van der Waals surface area contributed by atoms with Crippen molar-refractivity contribution in [1.29, 1.82) is 0 Å². The molecule has 1 aliphatic heterocycles. The van der Waals surface area contributed by atoms with Gasteiger partial charge in [0.1, 0.15) is 0 Å². The molecular formula is C11H19N3. The summed E-state index contributed by atoms with van der Waals surface area (Å²) in [5.74, 6) is 0.885. The van der Waals surface area contributed by atoms with Crippen LogP contribution in [0.5, 0.6) is 0 Å². The number of nitrogens with zero attached hydrogens (tertiary/aromatic N) is 3. The molecule has 0 N–H and O–H groups in total. The standard InChI is InChI=1S/C10H15N3.CH4/c1-8-6-11-10(12-7-8)13-5-3-4-9(13)2;/h6-7,9H,3-5H2,1-2H3;1H4. The van der Waals surface area contributed by atoms with Crippen LogP contribution in [0.25, 0.3) is 0 Å². The zero-order chi connectivity index (χ0) is 9.26. The van der Waals surface area contributed by atoms with Crippen LogP contribution in [-0.2, 0) is 0 Å². The van der Waals surface area contributed by atoms with Crippen LogP contribution >= 0.6 is 0 Å². The van der Waals surface area contributed by atoms with Crippen molar-refractivity contribution in [1.82, 2.24) is 9.97 Å². The average molecular weight is 193 g/mol. The van der Waals surface area contributed by atoms with Crippen molar-refractivity contribution >= 4 is 5.95 Å². The summed E-state index contributed by atoms with van der Waals surface area (Å²) in [5.41, 5.74) is 1.12. The Bertz CT molecular complexity index is 281. The highest BCUT2D eigenvalue weighted by atomic mass is 15.3. The van der Waals surface area contributed by atoms with Crippen molar-refractivity contribution in [2.45, 2.75) is 40.2 Å². The molecule has 1 unspecified atom stereocenters. The summed E-state index contributed by atoms with van der Waals surface area (Å²) >= 11 is 0. The van der Waals surface area contributed by atoms with E-state index in [1.54, 1.807) is 0 Å². The minimum atomic E-state index is 0. The fraction of sp³-hybridized carbons (Fsp3) is 0.636. The van der Waals surface area contributed by atoms with Gasteiger partial charge in [-0.15, -0.1) is 0 Å². The Balaban J connectivity index is 0.000000980. The largest absolute Gasteiger partial charge is 0.338 e. The molecule has 0 aliphatic carbocycles. The summed E-state index contributed by atoms with van der Waals surface area (Å²) < 4.78 is 0. The third-order valence-electron chi connectivity index (χ3n) is 2.58. The summed E-state index contributed by atoms with van der Waals surface area (Å²) in [6.45, 7) is 5.34. The fourth-order valence-corrected chi connectivity index (χ4v) is 1.76. The van der Waals surface area contributed by atoms with Gasteiger partial charge in [-0.25, -0.2) is 9.97 Å². The smallest absolute Gasteiger partial charge is 0.225 e. The molecule has 1 aromatic heterocycles. The predicted octanol–water partition coefficient (Wildman–Crippen LogP) is 2.41. The molecule has 1 aromatic rings. The third-order valence-corrected chi connectivity index (χ3v) is 2.58. The molecule has 3 heteroatoms. The molecule has 1 aliphatic rings. The summed E-state index contributed by atoms with van der Waals surface area (Å²) in [5, 5.41) is 0. The van der Waals surface area contributed by atoms with Crippen molar-refractivity contribution < 1.29 is 0 Å². The molecule has 0 bridgehead atoms. The molecule has 1 fully saturated rings. The first-order chi connectivity index (χ1) is 6.27. The molecule has 1 saturated heterocycles. The monoisotopic (exact) mass is 193 g/mol. The van der Waals surface area contributed by atoms with Gasteiger partial charge in [-0.1, -0.05) is 7.43 Å². The van der Waals surface area contributed by atoms with Gasteiger partial charge >= 0.3 is 0 Å². The van der Waals surface area contributed by atoms with Crippen molar-refractivity contribution in [3.63, 3.8) is 0 Å². The lowest BCUT2D eigenvalue weighted by molar-refractivity contribution is 0.716. The zero-order valence-electron chi connectivity index (χ0n) is 8.20.